The van der Waals surface area contributed by atoms with Gasteiger partial charge in [0.15, 0.2) is 0 Å². The van der Waals surface area contributed by atoms with Gasteiger partial charge in [0.2, 0.25) is 11.7 Å². The largest absolute Gasteiger partial charge is 0.417 e. The molecule has 98 valence electrons. The topological polar surface area (TPSA) is 52.1 Å². The van der Waals surface area contributed by atoms with E-state index in [-0.39, 0.29) is 17.3 Å². The van der Waals surface area contributed by atoms with Gasteiger partial charge in [0.05, 0.1) is 5.02 Å². The molecule has 2 aromatic heterocycles. The first-order valence-corrected chi connectivity index (χ1v) is 5.52. The second kappa shape index (κ2) is 5.71. The molecule has 0 N–H and O–H groups in total. The summed E-state index contributed by atoms with van der Waals surface area (Å²) < 4.78 is 28.2. The third-order valence-corrected chi connectivity index (χ3v) is 2.35. The second-order valence-corrected chi connectivity index (χ2v) is 3.87. The second-order valence-electron chi connectivity index (χ2n) is 3.43. The molecule has 0 aliphatic carbocycles. The number of carbonyl (C=O) groups is 1. The molecule has 0 spiro atoms. The highest BCUT2D eigenvalue weighted by molar-refractivity contribution is 6.30. The zero-order chi connectivity index (χ0) is 13.8. The number of hydrogen-bond donors (Lipinski definition) is 0. The molecule has 0 aliphatic rings. The number of hydrogen-bond acceptors (Lipinski definition) is 4. The summed E-state index contributed by atoms with van der Waals surface area (Å²) >= 11 is 5.65. The highest BCUT2D eigenvalue weighted by Crippen LogP contribution is 2.14. The molecular formula is C12H7ClF2N2O2. The maximum Gasteiger partial charge on any atom is 0.388 e. The van der Waals surface area contributed by atoms with E-state index in [1.54, 1.807) is 0 Å². The molecule has 0 fully saturated rings. The smallest absolute Gasteiger partial charge is 0.388 e. The van der Waals surface area contributed by atoms with Crippen molar-refractivity contribution >= 4 is 17.4 Å². The van der Waals surface area contributed by atoms with Crippen LogP contribution in [0.15, 0.2) is 36.5 Å². The highest BCUT2D eigenvalue weighted by atomic mass is 35.5. The number of carbonyl (C=O) groups excluding carboxylic acids is 1. The molecule has 4 nitrogen and oxygen atoms in total. The van der Waals surface area contributed by atoms with Crippen LogP contribution in [0, 0.1) is 0 Å². The van der Waals surface area contributed by atoms with Gasteiger partial charge >= 0.3 is 6.61 Å². The van der Waals surface area contributed by atoms with Crippen molar-refractivity contribution in [3.8, 4) is 5.88 Å². The van der Waals surface area contributed by atoms with Crippen LogP contribution < -0.4 is 4.74 Å². The van der Waals surface area contributed by atoms with Crippen LogP contribution in [0.4, 0.5) is 8.78 Å². The number of aromatic nitrogens is 2. The maximum absolute atomic E-state index is 12.0. The van der Waals surface area contributed by atoms with Crippen LogP contribution in [0.3, 0.4) is 0 Å². The van der Waals surface area contributed by atoms with E-state index in [0.717, 1.165) is 0 Å². The number of ether oxygens (including phenoxy) is 1. The van der Waals surface area contributed by atoms with E-state index in [4.69, 9.17) is 11.6 Å². The number of alkyl halides is 2. The Morgan fingerprint density at radius 3 is 2.63 bits per heavy atom. The predicted molar refractivity (Wildman–Crippen MR) is 63.5 cm³/mol. The summed E-state index contributed by atoms with van der Waals surface area (Å²) in [6, 6.07) is 6.94. The summed E-state index contributed by atoms with van der Waals surface area (Å²) in [6.45, 7) is -2.99. The SMILES string of the molecule is O=C(c1ccc(Cl)cn1)c1cccc(OC(F)F)n1. The lowest BCUT2D eigenvalue weighted by molar-refractivity contribution is -0.0529. The first-order chi connectivity index (χ1) is 9.06. The Bertz CT molecular complexity index is 591. The van der Waals surface area contributed by atoms with E-state index < -0.39 is 12.4 Å². The average molecular weight is 285 g/mol. The highest BCUT2D eigenvalue weighted by Gasteiger charge is 2.14. The van der Waals surface area contributed by atoms with Gasteiger partial charge in [-0.05, 0) is 18.2 Å². The van der Waals surface area contributed by atoms with Gasteiger partial charge in [-0.15, -0.1) is 0 Å². The van der Waals surface area contributed by atoms with E-state index in [9.17, 15) is 13.6 Å². The van der Waals surface area contributed by atoms with Crippen LogP contribution in [0.5, 0.6) is 5.88 Å². The quantitative estimate of drug-likeness (QED) is 0.810. The van der Waals surface area contributed by atoms with Crippen LogP contribution in [0.2, 0.25) is 5.02 Å². The predicted octanol–water partition coefficient (Wildman–Crippen LogP) is 2.96. The van der Waals surface area contributed by atoms with Gasteiger partial charge in [0.1, 0.15) is 11.4 Å². The van der Waals surface area contributed by atoms with Crippen molar-refractivity contribution in [2.45, 2.75) is 6.61 Å². The van der Waals surface area contributed by atoms with Gasteiger partial charge in [-0.2, -0.15) is 8.78 Å². The van der Waals surface area contributed by atoms with E-state index in [2.05, 4.69) is 14.7 Å². The van der Waals surface area contributed by atoms with Gasteiger partial charge in [-0.3, -0.25) is 9.78 Å². The lowest BCUT2D eigenvalue weighted by Crippen LogP contribution is -2.09. The zero-order valence-corrected chi connectivity index (χ0v) is 10.1. The van der Waals surface area contributed by atoms with Gasteiger partial charge < -0.3 is 4.74 Å². The van der Waals surface area contributed by atoms with Crippen molar-refractivity contribution < 1.29 is 18.3 Å². The summed E-state index contributed by atoms with van der Waals surface area (Å²) in [5.41, 5.74) is 0.0825. The van der Waals surface area contributed by atoms with E-state index in [1.165, 1.54) is 36.5 Å². The molecule has 0 aromatic carbocycles. The van der Waals surface area contributed by atoms with Gasteiger partial charge in [0, 0.05) is 12.3 Å². The minimum absolute atomic E-state index is 0.0343. The molecule has 7 heteroatoms. The lowest BCUT2D eigenvalue weighted by Gasteiger charge is -2.05. The van der Waals surface area contributed by atoms with E-state index in [0.29, 0.717) is 5.02 Å². The molecule has 2 rings (SSSR count). The van der Waals surface area contributed by atoms with Crippen LogP contribution in [0.25, 0.3) is 0 Å². The molecule has 2 heterocycles. The number of nitrogens with zero attached hydrogens (tertiary/aromatic N) is 2. The van der Waals surface area contributed by atoms with Crippen LogP contribution in [-0.2, 0) is 0 Å². The Balaban J connectivity index is 2.26. The Hall–Kier alpha value is -2.08. The summed E-state index contributed by atoms with van der Waals surface area (Å²) in [5, 5.41) is 0.388. The molecular weight excluding hydrogens is 278 g/mol. The molecule has 19 heavy (non-hydrogen) atoms. The fourth-order valence-electron chi connectivity index (χ4n) is 1.34. The molecule has 0 aliphatic heterocycles. The third kappa shape index (κ3) is 3.45. The minimum atomic E-state index is -2.99. The number of halogens is 3. The van der Waals surface area contributed by atoms with Crippen LogP contribution >= 0.6 is 11.6 Å². The maximum atomic E-state index is 12.0. The monoisotopic (exact) mass is 284 g/mol. The van der Waals surface area contributed by atoms with Gasteiger partial charge in [0.25, 0.3) is 0 Å². The Morgan fingerprint density at radius 2 is 2.00 bits per heavy atom. The average Bonchev–Trinajstić information content (AvgIpc) is 2.38. The molecule has 0 saturated heterocycles. The molecule has 0 unspecified atom stereocenters. The number of pyridine rings is 2. The van der Waals surface area contributed by atoms with Crippen molar-refractivity contribution in [1.29, 1.82) is 0 Å². The molecule has 2 aromatic rings. The molecule has 0 radical (unpaired) electrons. The summed E-state index contributed by atoms with van der Waals surface area (Å²) in [5.74, 6) is -0.828. The first kappa shape index (κ1) is 13.4. The van der Waals surface area contributed by atoms with Gasteiger partial charge in [-0.1, -0.05) is 17.7 Å². The van der Waals surface area contributed by atoms with Gasteiger partial charge in [-0.25, -0.2) is 4.98 Å². The zero-order valence-electron chi connectivity index (χ0n) is 9.39. The van der Waals surface area contributed by atoms with E-state index >= 15 is 0 Å². The summed E-state index contributed by atoms with van der Waals surface area (Å²) in [7, 11) is 0. The van der Waals surface area contributed by atoms with Crippen LogP contribution in [-0.4, -0.2) is 22.4 Å². The van der Waals surface area contributed by atoms with Crippen molar-refractivity contribution in [3.05, 3.63) is 52.9 Å². The summed E-state index contributed by atoms with van der Waals surface area (Å²) in [4.78, 5) is 19.5. The number of rotatable bonds is 4. The van der Waals surface area contributed by atoms with Crippen molar-refractivity contribution in [2.24, 2.45) is 0 Å². The van der Waals surface area contributed by atoms with E-state index in [1.807, 2.05) is 0 Å². The molecule has 0 atom stereocenters. The molecule has 0 amide bonds. The van der Waals surface area contributed by atoms with Crippen molar-refractivity contribution in [1.82, 2.24) is 9.97 Å². The van der Waals surface area contributed by atoms with Crippen molar-refractivity contribution in [2.75, 3.05) is 0 Å². The fraction of sp³-hybridized carbons (Fsp3) is 0.0833. The Labute approximate surface area is 112 Å². The van der Waals surface area contributed by atoms with Crippen molar-refractivity contribution in [3.63, 3.8) is 0 Å². The van der Waals surface area contributed by atoms with Crippen LogP contribution in [0.1, 0.15) is 16.2 Å². The Kier molecular flexibility index (Phi) is 4.01. The normalized spacial score (nSPS) is 10.5. The minimum Gasteiger partial charge on any atom is -0.417 e. The first-order valence-electron chi connectivity index (χ1n) is 5.14. The Morgan fingerprint density at radius 1 is 1.21 bits per heavy atom. The molecule has 0 bridgehead atoms. The standard InChI is InChI=1S/C12H7ClF2N2O2/c13-7-4-5-8(16-6-7)11(18)9-2-1-3-10(17-9)19-12(14)15/h1-6,12H. The summed E-state index contributed by atoms with van der Waals surface area (Å²) in [6.07, 6.45) is 1.31. The third-order valence-electron chi connectivity index (χ3n) is 2.13. The fourth-order valence-corrected chi connectivity index (χ4v) is 1.45. The molecule has 0 saturated carbocycles. The number of ketones is 1. The lowest BCUT2D eigenvalue weighted by atomic mass is 10.2.